The largest absolute Gasteiger partial charge is 0.452 e. The maximum absolute atomic E-state index is 13.1. The number of rotatable bonds is 7. The third kappa shape index (κ3) is 5.16. The smallest absolute Gasteiger partial charge is 0.340 e. The van der Waals surface area contributed by atoms with Gasteiger partial charge < -0.3 is 4.74 Å². The molecule has 0 saturated carbocycles. The number of hydrogen-bond donors (Lipinski definition) is 1. The summed E-state index contributed by atoms with van der Waals surface area (Å²) in [5.41, 5.74) is 0.194. The molecule has 160 valence electrons. The normalized spacial score (nSPS) is 10.9. The molecule has 1 N–H and O–H groups in total. The van der Waals surface area contributed by atoms with Crippen LogP contribution >= 0.6 is 11.3 Å². The Morgan fingerprint density at radius 2 is 1.65 bits per heavy atom. The summed E-state index contributed by atoms with van der Waals surface area (Å²) in [5.74, 6) is -2.43. The van der Waals surface area contributed by atoms with Gasteiger partial charge in [-0.15, -0.1) is 11.3 Å². The summed E-state index contributed by atoms with van der Waals surface area (Å²) >= 11 is 1.16. The van der Waals surface area contributed by atoms with Crippen molar-refractivity contribution in [2.45, 2.75) is 4.90 Å². The number of nitrogens with zero attached hydrogens (tertiary/aromatic N) is 1. The highest BCUT2D eigenvalue weighted by atomic mass is 32.2. The second-order valence-corrected chi connectivity index (χ2v) is 9.12. The lowest BCUT2D eigenvalue weighted by Gasteiger charge is -2.20. The number of thiophene rings is 1. The lowest BCUT2D eigenvalue weighted by atomic mass is 10.2. The van der Waals surface area contributed by atoms with Crippen LogP contribution in [0.3, 0.4) is 0 Å². The maximum atomic E-state index is 13.1. The molecule has 0 bridgehead atoms. The summed E-state index contributed by atoms with van der Waals surface area (Å²) in [7, 11) is -2.70. The Hall–Kier alpha value is -3.50. The first-order valence-electron chi connectivity index (χ1n) is 8.98. The summed E-state index contributed by atoms with van der Waals surface area (Å²) < 4.78 is 32.1. The summed E-state index contributed by atoms with van der Waals surface area (Å²) in [6.45, 7) is -0.737. The molecule has 3 aromatic rings. The Morgan fingerprint density at radius 3 is 2.32 bits per heavy atom. The molecule has 10 heteroatoms. The highest BCUT2D eigenvalue weighted by Gasteiger charge is 2.27. The van der Waals surface area contributed by atoms with Crippen molar-refractivity contribution in [3.63, 3.8) is 0 Å². The Balaban J connectivity index is 1.73. The van der Waals surface area contributed by atoms with Crippen LogP contribution in [0.25, 0.3) is 0 Å². The van der Waals surface area contributed by atoms with E-state index in [1.165, 1.54) is 31.3 Å². The molecule has 1 aromatic heterocycles. The van der Waals surface area contributed by atoms with Gasteiger partial charge in [0.25, 0.3) is 21.8 Å². The molecule has 1 heterocycles. The average molecular weight is 459 g/mol. The van der Waals surface area contributed by atoms with Crippen LogP contribution in [-0.2, 0) is 19.6 Å². The topological polar surface area (TPSA) is 110 Å². The van der Waals surface area contributed by atoms with E-state index in [0.717, 1.165) is 15.6 Å². The minimum Gasteiger partial charge on any atom is -0.452 e. The number of amides is 2. The second kappa shape index (κ2) is 9.54. The van der Waals surface area contributed by atoms with Gasteiger partial charge in [0.15, 0.2) is 6.61 Å². The monoisotopic (exact) mass is 458 g/mol. The van der Waals surface area contributed by atoms with Gasteiger partial charge in [-0.25, -0.2) is 13.2 Å². The van der Waals surface area contributed by atoms with Crippen molar-refractivity contribution in [1.82, 2.24) is 5.32 Å². The van der Waals surface area contributed by atoms with Gasteiger partial charge in [0.05, 0.1) is 16.1 Å². The molecule has 0 atom stereocenters. The van der Waals surface area contributed by atoms with E-state index in [1.807, 2.05) is 0 Å². The van der Waals surface area contributed by atoms with Gasteiger partial charge in [-0.1, -0.05) is 36.4 Å². The van der Waals surface area contributed by atoms with E-state index in [2.05, 4.69) is 5.32 Å². The number of carbonyl (C=O) groups is 3. The second-order valence-electron chi connectivity index (χ2n) is 6.23. The van der Waals surface area contributed by atoms with Crippen LogP contribution in [0, 0.1) is 0 Å². The molecule has 0 aliphatic carbocycles. The molecule has 0 unspecified atom stereocenters. The molecule has 8 nitrogen and oxygen atoms in total. The van der Waals surface area contributed by atoms with Crippen LogP contribution in [-0.4, -0.2) is 39.9 Å². The van der Waals surface area contributed by atoms with Crippen molar-refractivity contribution in [3.05, 3.63) is 82.6 Å². The number of anilines is 1. The predicted molar refractivity (Wildman–Crippen MR) is 116 cm³/mol. The van der Waals surface area contributed by atoms with E-state index in [0.29, 0.717) is 10.6 Å². The minimum absolute atomic E-state index is 0.220. The van der Waals surface area contributed by atoms with Crippen molar-refractivity contribution in [1.29, 1.82) is 0 Å². The van der Waals surface area contributed by atoms with E-state index in [1.54, 1.807) is 47.8 Å². The van der Waals surface area contributed by atoms with Gasteiger partial charge in [-0.3, -0.25) is 19.2 Å². The molecule has 0 aliphatic heterocycles. The molecule has 3 rings (SSSR count). The van der Waals surface area contributed by atoms with Gasteiger partial charge in [0.2, 0.25) is 0 Å². The zero-order valence-electron chi connectivity index (χ0n) is 16.3. The lowest BCUT2D eigenvalue weighted by molar-refractivity contribution is -0.123. The average Bonchev–Trinajstić information content (AvgIpc) is 3.32. The summed E-state index contributed by atoms with van der Waals surface area (Å²) in [4.78, 5) is 36.4. The Morgan fingerprint density at radius 1 is 0.968 bits per heavy atom. The van der Waals surface area contributed by atoms with E-state index in [4.69, 9.17) is 4.74 Å². The van der Waals surface area contributed by atoms with Crippen LogP contribution in [0.2, 0.25) is 0 Å². The van der Waals surface area contributed by atoms with Crippen molar-refractivity contribution >= 4 is 44.8 Å². The number of para-hydroxylation sites is 1. The van der Waals surface area contributed by atoms with Crippen LogP contribution < -0.4 is 9.62 Å². The van der Waals surface area contributed by atoms with E-state index >= 15 is 0 Å². The number of benzene rings is 2. The first-order valence-corrected chi connectivity index (χ1v) is 11.3. The zero-order chi connectivity index (χ0) is 22.4. The third-order valence-corrected chi connectivity index (χ3v) is 6.91. The SMILES string of the molecule is CN(c1ccccc1)S(=O)(=O)c1ccccc1C(=O)OCC(=O)NC(=O)c1cccs1. The summed E-state index contributed by atoms with van der Waals surface area (Å²) in [6, 6.07) is 17.1. The van der Waals surface area contributed by atoms with Gasteiger partial charge in [-0.2, -0.15) is 0 Å². The molecule has 0 spiro atoms. The Kier molecular flexibility index (Phi) is 6.83. The molecule has 0 aliphatic rings. The van der Waals surface area contributed by atoms with Crippen molar-refractivity contribution < 1.29 is 27.5 Å². The fourth-order valence-corrected chi connectivity index (χ4v) is 4.62. The van der Waals surface area contributed by atoms with E-state index in [9.17, 15) is 22.8 Å². The number of ether oxygens (including phenoxy) is 1. The number of nitrogens with one attached hydrogen (secondary N) is 1. The van der Waals surface area contributed by atoms with Crippen LogP contribution in [0.4, 0.5) is 5.69 Å². The highest BCUT2D eigenvalue weighted by molar-refractivity contribution is 7.92. The van der Waals surface area contributed by atoms with E-state index in [-0.39, 0.29) is 10.5 Å². The molecule has 31 heavy (non-hydrogen) atoms. The summed E-state index contributed by atoms with van der Waals surface area (Å²) in [6.07, 6.45) is 0. The van der Waals surface area contributed by atoms with Crippen LogP contribution in [0.5, 0.6) is 0 Å². The first-order chi connectivity index (χ1) is 14.8. The quantitative estimate of drug-likeness (QED) is 0.545. The Bertz CT molecular complexity index is 1190. The van der Waals surface area contributed by atoms with Gasteiger partial charge in [0.1, 0.15) is 4.90 Å². The Labute approximate surface area is 183 Å². The third-order valence-electron chi connectivity index (χ3n) is 4.20. The summed E-state index contributed by atoms with van der Waals surface area (Å²) in [5, 5.41) is 3.79. The standard InChI is InChI=1S/C21H18N2O6S2/c1-23(15-8-3-2-4-9-15)31(27,28)18-12-6-5-10-16(18)21(26)29-14-19(24)22-20(25)17-11-7-13-30-17/h2-13H,14H2,1H3,(H,22,24,25). The predicted octanol–water partition coefficient (Wildman–Crippen LogP) is 2.69. The molecule has 2 amide bonds. The van der Waals surface area contributed by atoms with Crippen molar-refractivity contribution in [2.24, 2.45) is 0 Å². The van der Waals surface area contributed by atoms with Gasteiger partial charge >= 0.3 is 5.97 Å². The molecule has 0 saturated heterocycles. The number of imide groups is 1. The zero-order valence-corrected chi connectivity index (χ0v) is 18.0. The van der Waals surface area contributed by atoms with Gasteiger partial charge in [-0.05, 0) is 35.7 Å². The molecule has 0 fully saturated rings. The number of esters is 1. The fraction of sp³-hybridized carbons (Fsp3) is 0.0952. The van der Waals surface area contributed by atoms with E-state index < -0.39 is 34.4 Å². The molecule has 2 aromatic carbocycles. The van der Waals surface area contributed by atoms with Gasteiger partial charge in [0, 0.05) is 7.05 Å². The fourth-order valence-electron chi connectivity index (χ4n) is 2.63. The first kappa shape index (κ1) is 22.2. The minimum atomic E-state index is -4.08. The molecule has 0 radical (unpaired) electrons. The van der Waals surface area contributed by atoms with Crippen LogP contribution in [0.15, 0.2) is 77.0 Å². The van der Waals surface area contributed by atoms with Crippen molar-refractivity contribution in [2.75, 3.05) is 18.0 Å². The number of carbonyl (C=O) groups excluding carboxylic acids is 3. The van der Waals surface area contributed by atoms with Crippen molar-refractivity contribution in [3.8, 4) is 0 Å². The molecular formula is C21H18N2O6S2. The molecular weight excluding hydrogens is 440 g/mol. The number of hydrogen-bond acceptors (Lipinski definition) is 7. The highest BCUT2D eigenvalue weighted by Crippen LogP contribution is 2.24. The van der Waals surface area contributed by atoms with Crippen LogP contribution in [0.1, 0.15) is 20.0 Å². The maximum Gasteiger partial charge on any atom is 0.340 e. The number of sulfonamides is 1. The lowest BCUT2D eigenvalue weighted by Crippen LogP contribution is -2.34.